The Hall–Kier alpha value is -2.37. The molecule has 6 heteroatoms. The van der Waals surface area contributed by atoms with E-state index in [1.54, 1.807) is 0 Å². The number of carbonyl (C=O) groups excluding carboxylic acids is 1. The summed E-state index contributed by atoms with van der Waals surface area (Å²) in [5.74, 6) is 0.572. The quantitative estimate of drug-likeness (QED) is 0.791. The number of carbonyl (C=O) groups is 1. The normalized spacial score (nSPS) is 22.4. The summed E-state index contributed by atoms with van der Waals surface area (Å²) in [4.78, 5) is 22.2. The van der Waals surface area contributed by atoms with E-state index in [-0.39, 0.29) is 5.91 Å². The first-order valence-corrected chi connectivity index (χ1v) is 6.55. The lowest BCUT2D eigenvalue weighted by atomic mass is 9.89. The molecule has 1 aliphatic heterocycles. The molecule has 6 nitrogen and oxygen atoms in total. The first-order chi connectivity index (χ1) is 9.49. The number of nitrogens with zero attached hydrogens (tertiary/aromatic N) is 3. The van der Waals surface area contributed by atoms with Crippen molar-refractivity contribution in [1.82, 2.24) is 9.97 Å². The molecule has 2 heterocycles. The fraction of sp³-hybridized carbons (Fsp3) is 0.357. The summed E-state index contributed by atoms with van der Waals surface area (Å²) in [5.41, 5.74) is 12.2. The third-order valence-electron chi connectivity index (χ3n) is 4.01. The minimum absolute atomic E-state index is 0.261. The van der Waals surface area contributed by atoms with Crippen molar-refractivity contribution < 1.29 is 4.79 Å². The second kappa shape index (κ2) is 4.33. The molecular weight excluding hydrogens is 254 g/mol. The van der Waals surface area contributed by atoms with Crippen LogP contribution >= 0.6 is 0 Å². The number of benzene rings is 1. The van der Waals surface area contributed by atoms with E-state index in [2.05, 4.69) is 14.9 Å². The van der Waals surface area contributed by atoms with Gasteiger partial charge in [0.1, 0.15) is 12.1 Å². The van der Waals surface area contributed by atoms with Crippen molar-refractivity contribution >= 4 is 28.3 Å². The molecule has 0 bridgehead atoms. The molecule has 1 saturated heterocycles. The topological polar surface area (TPSA) is 98.1 Å². The zero-order chi connectivity index (χ0) is 14.3. The van der Waals surface area contributed by atoms with Crippen molar-refractivity contribution in [2.45, 2.75) is 13.3 Å². The van der Waals surface area contributed by atoms with Crippen LogP contribution in [0, 0.1) is 5.41 Å². The Morgan fingerprint density at radius 1 is 1.40 bits per heavy atom. The zero-order valence-electron chi connectivity index (χ0n) is 11.3. The average Bonchev–Trinajstić information content (AvgIpc) is 2.81. The van der Waals surface area contributed by atoms with E-state index in [0.717, 1.165) is 29.7 Å². The minimum atomic E-state index is -0.495. The van der Waals surface area contributed by atoms with Gasteiger partial charge in [0.15, 0.2) is 0 Å². The number of primary amides is 1. The van der Waals surface area contributed by atoms with Gasteiger partial charge in [0.05, 0.1) is 10.9 Å². The standard InChI is InChI=1S/C14H17N5O/c1-14(13(16)20)4-5-19(7-14)12-10-3-2-9(15)6-11(10)17-8-18-12/h2-3,6,8H,4-5,7,15H2,1H3,(H2,16,20). The van der Waals surface area contributed by atoms with Crippen molar-refractivity contribution in [3.8, 4) is 0 Å². The van der Waals surface area contributed by atoms with E-state index in [1.807, 2.05) is 25.1 Å². The van der Waals surface area contributed by atoms with Crippen LogP contribution in [0.3, 0.4) is 0 Å². The number of fused-ring (bicyclic) bond motifs is 1. The van der Waals surface area contributed by atoms with E-state index in [9.17, 15) is 4.79 Å². The second-order valence-corrected chi connectivity index (χ2v) is 5.57. The fourth-order valence-electron chi connectivity index (χ4n) is 2.65. The van der Waals surface area contributed by atoms with Crippen LogP contribution in [0.25, 0.3) is 10.9 Å². The van der Waals surface area contributed by atoms with Crippen LogP contribution in [-0.2, 0) is 4.79 Å². The summed E-state index contributed by atoms with van der Waals surface area (Å²) in [6.45, 7) is 3.24. The highest BCUT2D eigenvalue weighted by molar-refractivity contribution is 5.92. The third kappa shape index (κ3) is 1.93. The van der Waals surface area contributed by atoms with Gasteiger partial charge in [-0.3, -0.25) is 4.79 Å². The van der Waals surface area contributed by atoms with Crippen molar-refractivity contribution in [3.05, 3.63) is 24.5 Å². The number of aromatic nitrogens is 2. The summed E-state index contributed by atoms with van der Waals surface area (Å²) in [7, 11) is 0. The largest absolute Gasteiger partial charge is 0.399 e. The van der Waals surface area contributed by atoms with Gasteiger partial charge >= 0.3 is 0 Å². The molecule has 2 aromatic rings. The lowest BCUT2D eigenvalue weighted by Crippen LogP contribution is -2.37. The molecule has 3 rings (SSSR count). The van der Waals surface area contributed by atoms with Crippen molar-refractivity contribution in [2.24, 2.45) is 11.1 Å². The Balaban J connectivity index is 2.02. The van der Waals surface area contributed by atoms with Gasteiger partial charge in [-0.1, -0.05) is 0 Å². The Morgan fingerprint density at radius 2 is 2.20 bits per heavy atom. The van der Waals surface area contributed by atoms with Crippen LogP contribution in [0.4, 0.5) is 11.5 Å². The Bertz CT molecular complexity index is 686. The summed E-state index contributed by atoms with van der Waals surface area (Å²) in [6.07, 6.45) is 2.26. The predicted octanol–water partition coefficient (Wildman–Crippen LogP) is 0.914. The highest BCUT2D eigenvalue weighted by atomic mass is 16.1. The molecule has 4 N–H and O–H groups in total. The van der Waals surface area contributed by atoms with Crippen LogP contribution in [0.1, 0.15) is 13.3 Å². The van der Waals surface area contributed by atoms with Crippen LogP contribution in [0.2, 0.25) is 0 Å². The lowest BCUT2D eigenvalue weighted by molar-refractivity contribution is -0.125. The molecule has 0 aliphatic carbocycles. The molecule has 104 valence electrons. The summed E-state index contributed by atoms with van der Waals surface area (Å²) in [5, 5.41) is 0.940. The molecule has 1 aromatic heterocycles. The first-order valence-electron chi connectivity index (χ1n) is 6.55. The molecule has 0 radical (unpaired) electrons. The van der Waals surface area contributed by atoms with E-state index in [4.69, 9.17) is 11.5 Å². The maximum atomic E-state index is 11.6. The summed E-state index contributed by atoms with van der Waals surface area (Å²) in [6, 6.07) is 5.57. The number of rotatable bonds is 2. The van der Waals surface area contributed by atoms with Crippen LogP contribution < -0.4 is 16.4 Å². The number of nitrogens with two attached hydrogens (primary N) is 2. The maximum absolute atomic E-state index is 11.6. The monoisotopic (exact) mass is 271 g/mol. The number of nitrogen functional groups attached to an aromatic ring is 1. The minimum Gasteiger partial charge on any atom is -0.399 e. The second-order valence-electron chi connectivity index (χ2n) is 5.57. The zero-order valence-corrected chi connectivity index (χ0v) is 11.3. The van der Waals surface area contributed by atoms with E-state index < -0.39 is 5.41 Å². The lowest BCUT2D eigenvalue weighted by Gasteiger charge is -2.22. The van der Waals surface area contributed by atoms with Gasteiger partial charge in [0.25, 0.3) is 0 Å². The van der Waals surface area contributed by atoms with Gasteiger partial charge in [-0.25, -0.2) is 9.97 Å². The van der Waals surface area contributed by atoms with Gasteiger partial charge in [-0.05, 0) is 31.5 Å². The SMILES string of the molecule is CC1(C(N)=O)CCN(c2ncnc3cc(N)ccc23)C1. The fourth-order valence-corrected chi connectivity index (χ4v) is 2.65. The molecule has 1 unspecified atom stereocenters. The van der Waals surface area contributed by atoms with Gasteiger partial charge in [-0.2, -0.15) is 0 Å². The molecule has 1 fully saturated rings. The van der Waals surface area contributed by atoms with E-state index >= 15 is 0 Å². The van der Waals surface area contributed by atoms with Crippen molar-refractivity contribution in [3.63, 3.8) is 0 Å². The van der Waals surface area contributed by atoms with Crippen LogP contribution in [-0.4, -0.2) is 29.0 Å². The van der Waals surface area contributed by atoms with Gasteiger partial charge < -0.3 is 16.4 Å². The van der Waals surface area contributed by atoms with E-state index in [1.165, 1.54) is 6.33 Å². The molecular formula is C14H17N5O. The Labute approximate surface area is 116 Å². The first kappa shape index (κ1) is 12.7. The average molecular weight is 271 g/mol. The molecule has 20 heavy (non-hydrogen) atoms. The van der Waals surface area contributed by atoms with Crippen LogP contribution in [0.5, 0.6) is 0 Å². The highest BCUT2D eigenvalue weighted by Crippen LogP contribution is 2.34. The highest BCUT2D eigenvalue weighted by Gasteiger charge is 2.39. The Morgan fingerprint density at radius 3 is 2.90 bits per heavy atom. The van der Waals surface area contributed by atoms with E-state index in [0.29, 0.717) is 12.2 Å². The third-order valence-corrected chi connectivity index (χ3v) is 4.01. The number of amides is 1. The molecule has 1 atom stereocenters. The molecule has 0 spiro atoms. The van der Waals surface area contributed by atoms with Crippen molar-refractivity contribution in [2.75, 3.05) is 23.7 Å². The molecule has 0 saturated carbocycles. The maximum Gasteiger partial charge on any atom is 0.225 e. The van der Waals surface area contributed by atoms with Gasteiger partial charge in [-0.15, -0.1) is 0 Å². The molecule has 1 amide bonds. The number of anilines is 2. The molecule has 1 aliphatic rings. The summed E-state index contributed by atoms with van der Waals surface area (Å²) < 4.78 is 0. The van der Waals surface area contributed by atoms with Crippen molar-refractivity contribution in [1.29, 1.82) is 0 Å². The number of hydrogen-bond acceptors (Lipinski definition) is 5. The van der Waals surface area contributed by atoms with Crippen LogP contribution in [0.15, 0.2) is 24.5 Å². The summed E-state index contributed by atoms with van der Waals surface area (Å²) >= 11 is 0. The smallest absolute Gasteiger partial charge is 0.225 e. The predicted molar refractivity (Wildman–Crippen MR) is 78.1 cm³/mol. The van der Waals surface area contributed by atoms with Gasteiger partial charge in [0.2, 0.25) is 5.91 Å². The Kier molecular flexibility index (Phi) is 2.74. The number of hydrogen-bond donors (Lipinski definition) is 2. The molecule has 1 aromatic carbocycles. The van der Waals surface area contributed by atoms with Gasteiger partial charge in [0, 0.05) is 24.2 Å².